The molecule has 0 atom stereocenters. The number of nitrogens with one attached hydrogen (secondary N) is 1. The van der Waals surface area contributed by atoms with Crippen molar-refractivity contribution in [3.8, 4) is 0 Å². The van der Waals surface area contributed by atoms with Gasteiger partial charge in [-0.3, -0.25) is 0 Å². The molecule has 0 heterocycles. The van der Waals surface area contributed by atoms with Crippen LogP contribution in [0.5, 0.6) is 0 Å². The molecule has 6 nitrogen and oxygen atoms in total. The molecule has 0 unspecified atom stereocenters. The zero-order chi connectivity index (χ0) is 17.3. The van der Waals surface area contributed by atoms with Crippen molar-refractivity contribution in [1.82, 2.24) is 4.72 Å². The predicted molar refractivity (Wildman–Crippen MR) is 89.4 cm³/mol. The van der Waals surface area contributed by atoms with E-state index < -0.39 is 28.9 Å². The van der Waals surface area contributed by atoms with Gasteiger partial charge in [0.15, 0.2) is 0 Å². The lowest BCUT2D eigenvalue weighted by atomic mass is 10.2. The second-order valence-electron chi connectivity index (χ2n) is 4.57. The van der Waals surface area contributed by atoms with Gasteiger partial charge in [-0.25, -0.2) is 21.6 Å². The fraction of sp³-hybridized carbons (Fsp3) is 0.0769. The summed E-state index contributed by atoms with van der Waals surface area (Å²) in [5, 5.41) is -0.250. The molecule has 0 aliphatic rings. The van der Waals surface area contributed by atoms with E-state index >= 15 is 0 Å². The van der Waals surface area contributed by atoms with Gasteiger partial charge in [0, 0.05) is 17.2 Å². The highest BCUT2D eigenvalue weighted by Gasteiger charge is 2.24. The topological polar surface area (TPSA) is 106 Å². The number of rotatable bonds is 5. The molecule has 124 valence electrons. The van der Waals surface area contributed by atoms with E-state index in [-0.39, 0.29) is 17.3 Å². The van der Waals surface area contributed by atoms with Crippen molar-refractivity contribution in [2.75, 3.05) is 5.73 Å². The summed E-state index contributed by atoms with van der Waals surface area (Å²) in [6.45, 7) is 0.0220. The van der Waals surface area contributed by atoms with E-state index in [9.17, 15) is 16.8 Å². The first-order chi connectivity index (χ1) is 10.6. The van der Waals surface area contributed by atoms with E-state index in [1.165, 1.54) is 0 Å². The molecule has 0 fully saturated rings. The summed E-state index contributed by atoms with van der Waals surface area (Å²) in [7, 11) is -3.01. The van der Waals surface area contributed by atoms with Crippen molar-refractivity contribution in [2.45, 2.75) is 16.3 Å². The summed E-state index contributed by atoms with van der Waals surface area (Å²) in [6, 6.07) is 10.7. The van der Waals surface area contributed by atoms with E-state index in [1.807, 2.05) is 0 Å². The van der Waals surface area contributed by atoms with Crippen LogP contribution in [-0.2, 0) is 25.6 Å². The maximum atomic E-state index is 12.3. The fourth-order valence-corrected chi connectivity index (χ4v) is 4.58. The van der Waals surface area contributed by atoms with E-state index in [0.29, 0.717) is 0 Å². The first-order valence-electron chi connectivity index (χ1n) is 6.18. The second kappa shape index (κ2) is 6.66. The van der Waals surface area contributed by atoms with Gasteiger partial charge in [-0.15, -0.1) is 0 Å². The fourth-order valence-electron chi connectivity index (χ4n) is 1.82. The number of hydrogen-bond acceptors (Lipinski definition) is 5. The third-order valence-electron chi connectivity index (χ3n) is 2.93. The smallest absolute Gasteiger partial charge is 0.262 e. The number of halogens is 2. The van der Waals surface area contributed by atoms with Gasteiger partial charge < -0.3 is 5.73 Å². The van der Waals surface area contributed by atoms with E-state index in [2.05, 4.69) is 4.72 Å². The number of nitrogen functional groups attached to an aromatic ring is 1. The van der Waals surface area contributed by atoms with Crippen LogP contribution < -0.4 is 10.5 Å². The van der Waals surface area contributed by atoms with Gasteiger partial charge in [0.25, 0.3) is 9.05 Å². The van der Waals surface area contributed by atoms with Gasteiger partial charge in [0.05, 0.1) is 10.7 Å². The van der Waals surface area contributed by atoms with Crippen LogP contribution >= 0.6 is 22.3 Å². The molecule has 0 saturated carbocycles. The molecule has 0 aromatic heterocycles. The Bertz CT molecular complexity index is 930. The predicted octanol–water partition coefficient (Wildman–Crippen LogP) is 2.33. The van der Waals surface area contributed by atoms with Gasteiger partial charge in [0.2, 0.25) is 10.0 Å². The lowest BCUT2D eigenvalue weighted by Gasteiger charge is -2.11. The van der Waals surface area contributed by atoms with Gasteiger partial charge in [0.1, 0.15) is 9.79 Å². The van der Waals surface area contributed by atoms with E-state index in [4.69, 9.17) is 28.0 Å². The molecule has 0 saturated heterocycles. The summed E-state index contributed by atoms with van der Waals surface area (Å²) in [5.74, 6) is 0. The van der Waals surface area contributed by atoms with E-state index in [0.717, 1.165) is 17.7 Å². The summed E-state index contributed by atoms with van der Waals surface area (Å²) in [6.07, 6.45) is 0. The van der Waals surface area contributed by atoms with Crippen LogP contribution in [0.3, 0.4) is 0 Å². The standard InChI is InChI=1S/C13H12Cl2N2O4S2/c14-10-6-11(16)13(7-12(10)22(15,18)19)23(20,21)17-8-9-4-2-1-3-5-9/h1-7,17H,8,16H2. The van der Waals surface area contributed by atoms with Gasteiger partial charge >= 0.3 is 0 Å². The Morgan fingerprint density at radius 2 is 1.61 bits per heavy atom. The van der Waals surface area contributed by atoms with Crippen molar-refractivity contribution >= 4 is 47.0 Å². The highest BCUT2D eigenvalue weighted by molar-refractivity contribution is 8.13. The first-order valence-corrected chi connectivity index (χ1v) is 10.4. The van der Waals surface area contributed by atoms with E-state index in [1.54, 1.807) is 30.3 Å². The largest absolute Gasteiger partial charge is 0.398 e. The molecule has 0 spiro atoms. The molecule has 0 amide bonds. The monoisotopic (exact) mass is 394 g/mol. The Kier molecular flexibility index (Phi) is 5.22. The Morgan fingerprint density at radius 3 is 2.17 bits per heavy atom. The minimum absolute atomic E-state index is 0.0220. The number of anilines is 1. The highest BCUT2D eigenvalue weighted by atomic mass is 35.7. The summed E-state index contributed by atoms with van der Waals surface area (Å²) in [4.78, 5) is -0.924. The molecule has 0 aliphatic carbocycles. The molecular formula is C13H12Cl2N2O4S2. The molecule has 10 heteroatoms. The first kappa shape index (κ1) is 18.0. The molecule has 0 bridgehead atoms. The molecule has 2 aromatic rings. The van der Waals surface area contributed by atoms with Crippen LogP contribution in [0.2, 0.25) is 5.02 Å². The summed E-state index contributed by atoms with van der Waals surface area (Å²) < 4.78 is 49.9. The SMILES string of the molecule is Nc1cc(Cl)c(S(=O)(=O)Cl)cc1S(=O)(=O)NCc1ccccc1. The van der Waals surface area contributed by atoms with Crippen molar-refractivity contribution < 1.29 is 16.8 Å². The number of nitrogens with two attached hydrogens (primary N) is 1. The molecule has 2 aromatic carbocycles. The maximum Gasteiger partial charge on any atom is 0.262 e. The normalized spacial score (nSPS) is 12.3. The van der Waals surface area contributed by atoms with Crippen molar-refractivity contribution in [3.05, 3.63) is 53.1 Å². The van der Waals surface area contributed by atoms with Crippen LogP contribution in [-0.4, -0.2) is 16.8 Å². The Hall–Kier alpha value is -1.32. The number of sulfonamides is 1. The van der Waals surface area contributed by atoms with Gasteiger partial charge in [-0.1, -0.05) is 41.9 Å². The van der Waals surface area contributed by atoms with Gasteiger partial charge in [-0.05, 0) is 17.7 Å². The minimum atomic E-state index is -4.21. The van der Waals surface area contributed by atoms with Crippen LogP contribution in [0.15, 0.2) is 52.3 Å². The molecular weight excluding hydrogens is 383 g/mol. The average molecular weight is 395 g/mol. The van der Waals surface area contributed by atoms with Crippen LogP contribution in [0.1, 0.15) is 5.56 Å². The Balaban J connectivity index is 2.40. The number of hydrogen-bond donors (Lipinski definition) is 2. The molecule has 23 heavy (non-hydrogen) atoms. The minimum Gasteiger partial charge on any atom is -0.398 e. The Morgan fingerprint density at radius 1 is 1.00 bits per heavy atom. The molecule has 2 rings (SSSR count). The maximum absolute atomic E-state index is 12.3. The van der Waals surface area contributed by atoms with Crippen LogP contribution in [0, 0.1) is 0 Å². The van der Waals surface area contributed by atoms with Gasteiger partial charge in [-0.2, -0.15) is 0 Å². The zero-order valence-electron chi connectivity index (χ0n) is 11.5. The molecule has 0 aliphatic heterocycles. The van der Waals surface area contributed by atoms with Crippen molar-refractivity contribution in [3.63, 3.8) is 0 Å². The lowest BCUT2D eigenvalue weighted by Crippen LogP contribution is -2.24. The quantitative estimate of drug-likeness (QED) is 0.597. The zero-order valence-corrected chi connectivity index (χ0v) is 14.7. The highest BCUT2D eigenvalue weighted by Crippen LogP contribution is 2.31. The third kappa shape index (κ3) is 4.36. The average Bonchev–Trinajstić information content (AvgIpc) is 2.44. The Labute approximate surface area is 143 Å². The number of benzene rings is 2. The third-order valence-corrected chi connectivity index (χ3v) is 6.17. The molecule has 3 N–H and O–H groups in total. The summed E-state index contributed by atoms with van der Waals surface area (Å²) >= 11 is 5.75. The van der Waals surface area contributed by atoms with Crippen molar-refractivity contribution in [2.24, 2.45) is 0 Å². The summed E-state index contributed by atoms with van der Waals surface area (Å²) in [5.41, 5.74) is 6.20. The molecule has 0 radical (unpaired) electrons. The van der Waals surface area contributed by atoms with Crippen LogP contribution in [0.25, 0.3) is 0 Å². The second-order valence-corrected chi connectivity index (χ2v) is 9.25. The van der Waals surface area contributed by atoms with Crippen molar-refractivity contribution in [1.29, 1.82) is 0 Å². The lowest BCUT2D eigenvalue weighted by molar-refractivity contribution is 0.581. The van der Waals surface area contributed by atoms with Crippen LogP contribution in [0.4, 0.5) is 5.69 Å².